The largest absolute Gasteiger partial charge is 0.212 e. The molecular formula is C7H12F. The molecule has 1 heteroatoms. The molecule has 0 spiro atoms. The van der Waals surface area contributed by atoms with Crippen molar-refractivity contribution >= 4 is 0 Å². The van der Waals surface area contributed by atoms with Gasteiger partial charge in [-0.1, -0.05) is 19.4 Å². The second-order valence-electron chi connectivity index (χ2n) is 1.79. The Morgan fingerprint density at radius 3 is 2.75 bits per heavy atom. The van der Waals surface area contributed by atoms with Crippen LogP contribution >= 0.6 is 0 Å². The summed E-state index contributed by atoms with van der Waals surface area (Å²) in [6.45, 7) is 5.18. The van der Waals surface area contributed by atoms with E-state index in [-0.39, 0.29) is 5.83 Å². The van der Waals surface area contributed by atoms with Crippen molar-refractivity contribution in [3.05, 3.63) is 18.8 Å². The van der Waals surface area contributed by atoms with E-state index in [1.54, 1.807) is 0 Å². The highest BCUT2D eigenvalue weighted by atomic mass is 19.1. The molecule has 8 heavy (non-hydrogen) atoms. The fourth-order valence-electron chi connectivity index (χ4n) is 0.463. The third kappa shape index (κ3) is 5.67. The van der Waals surface area contributed by atoms with Crippen molar-refractivity contribution < 1.29 is 4.39 Å². The first-order valence-corrected chi connectivity index (χ1v) is 2.95. The predicted octanol–water partition coefficient (Wildman–Crippen LogP) is 2.86. The first-order valence-electron chi connectivity index (χ1n) is 2.95. The number of halogens is 1. The van der Waals surface area contributed by atoms with Crippen molar-refractivity contribution in [2.45, 2.75) is 26.2 Å². The Bertz CT molecular complexity index is 70.5. The fraction of sp³-hybridized carbons (Fsp3) is 0.571. The van der Waals surface area contributed by atoms with Crippen LogP contribution in [0, 0.1) is 6.92 Å². The summed E-state index contributed by atoms with van der Waals surface area (Å²) in [6.07, 6.45) is 4.52. The Morgan fingerprint density at radius 2 is 2.38 bits per heavy atom. The smallest absolute Gasteiger partial charge is 0.0964 e. The zero-order valence-corrected chi connectivity index (χ0v) is 5.28. The Hall–Kier alpha value is -0.330. The lowest BCUT2D eigenvalue weighted by Gasteiger charge is -1.86. The molecule has 0 heterocycles. The molecule has 0 nitrogen and oxygen atoms in total. The topological polar surface area (TPSA) is 0 Å². The van der Waals surface area contributed by atoms with Gasteiger partial charge in [0.05, 0.1) is 5.83 Å². The maximum absolute atomic E-state index is 11.8. The lowest BCUT2D eigenvalue weighted by molar-refractivity contribution is 0.653. The summed E-state index contributed by atoms with van der Waals surface area (Å²) in [4.78, 5) is 0. The Labute approximate surface area is 50.4 Å². The molecule has 0 aliphatic carbocycles. The van der Waals surface area contributed by atoms with Crippen LogP contribution in [0.2, 0.25) is 0 Å². The standard InChI is InChI=1S/C7H12F/c1-3-4-5-6-7(2)8/h6H,2-5H2,1H3. The molecule has 0 atom stereocenters. The van der Waals surface area contributed by atoms with Crippen LogP contribution in [0.1, 0.15) is 26.2 Å². The fourth-order valence-corrected chi connectivity index (χ4v) is 0.463. The van der Waals surface area contributed by atoms with Gasteiger partial charge < -0.3 is 0 Å². The molecular weight excluding hydrogens is 103 g/mol. The van der Waals surface area contributed by atoms with E-state index in [4.69, 9.17) is 0 Å². The Kier molecular flexibility index (Phi) is 4.62. The monoisotopic (exact) mass is 115 g/mol. The van der Waals surface area contributed by atoms with Gasteiger partial charge in [0.1, 0.15) is 0 Å². The average Bonchev–Trinajstić information content (AvgIpc) is 1.66. The van der Waals surface area contributed by atoms with E-state index in [0.29, 0.717) is 0 Å². The van der Waals surface area contributed by atoms with E-state index in [2.05, 4.69) is 13.8 Å². The molecule has 0 aliphatic rings. The van der Waals surface area contributed by atoms with Gasteiger partial charge in [0.15, 0.2) is 0 Å². The molecule has 0 N–H and O–H groups in total. The maximum Gasteiger partial charge on any atom is 0.0964 e. The van der Waals surface area contributed by atoms with Crippen molar-refractivity contribution in [3.8, 4) is 0 Å². The second-order valence-corrected chi connectivity index (χ2v) is 1.79. The SMILES string of the molecule is [CH2]C(F)=CCCCC. The molecule has 0 bridgehead atoms. The van der Waals surface area contributed by atoms with Gasteiger partial charge in [-0.25, -0.2) is 4.39 Å². The van der Waals surface area contributed by atoms with E-state index in [0.717, 1.165) is 19.3 Å². The number of unbranched alkanes of at least 4 members (excludes halogenated alkanes) is 2. The van der Waals surface area contributed by atoms with Crippen molar-refractivity contribution in [2.75, 3.05) is 0 Å². The number of hydrogen-bond acceptors (Lipinski definition) is 0. The van der Waals surface area contributed by atoms with Gasteiger partial charge >= 0.3 is 0 Å². The summed E-state index contributed by atoms with van der Waals surface area (Å²) in [7, 11) is 0. The normalized spacial score (nSPS) is 12.1. The molecule has 0 aromatic carbocycles. The minimum absolute atomic E-state index is 0.307. The van der Waals surface area contributed by atoms with Crippen LogP contribution in [0.4, 0.5) is 4.39 Å². The van der Waals surface area contributed by atoms with E-state index in [1.165, 1.54) is 6.08 Å². The van der Waals surface area contributed by atoms with Crippen molar-refractivity contribution in [1.82, 2.24) is 0 Å². The van der Waals surface area contributed by atoms with Crippen LogP contribution in [-0.4, -0.2) is 0 Å². The molecule has 0 aromatic rings. The molecule has 0 rings (SSSR count). The summed E-state index contributed by atoms with van der Waals surface area (Å²) in [5, 5.41) is 0. The first-order chi connectivity index (χ1) is 3.77. The van der Waals surface area contributed by atoms with E-state index in [9.17, 15) is 4.39 Å². The molecule has 1 radical (unpaired) electrons. The van der Waals surface area contributed by atoms with Gasteiger partial charge in [-0.2, -0.15) is 0 Å². The Balaban J connectivity index is 3.03. The molecule has 0 unspecified atom stereocenters. The average molecular weight is 115 g/mol. The van der Waals surface area contributed by atoms with Crippen molar-refractivity contribution in [1.29, 1.82) is 0 Å². The van der Waals surface area contributed by atoms with Gasteiger partial charge in [0.25, 0.3) is 0 Å². The third-order valence-corrected chi connectivity index (χ3v) is 0.924. The highest BCUT2D eigenvalue weighted by Crippen LogP contribution is 1.99. The lowest BCUT2D eigenvalue weighted by atomic mass is 10.2. The number of hydrogen-bond donors (Lipinski definition) is 0. The molecule has 0 saturated carbocycles. The lowest BCUT2D eigenvalue weighted by Crippen LogP contribution is -1.67. The van der Waals surface area contributed by atoms with E-state index < -0.39 is 0 Å². The summed E-state index contributed by atoms with van der Waals surface area (Å²) in [5.74, 6) is -0.307. The van der Waals surface area contributed by atoms with Crippen LogP contribution in [0.15, 0.2) is 11.9 Å². The molecule has 0 aromatic heterocycles. The van der Waals surface area contributed by atoms with Crippen LogP contribution in [0.25, 0.3) is 0 Å². The number of allylic oxidation sites excluding steroid dienone is 2. The highest BCUT2D eigenvalue weighted by Gasteiger charge is 1.81. The van der Waals surface area contributed by atoms with Crippen LogP contribution < -0.4 is 0 Å². The zero-order chi connectivity index (χ0) is 6.41. The van der Waals surface area contributed by atoms with Crippen LogP contribution in [0.5, 0.6) is 0 Å². The summed E-state index contributed by atoms with van der Waals surface area (Å²) >= 11 is 0. The second kappa shape index (κ2) is 4.82. The number of rotatable bonds is 3. The zero-order valence-electron chi connectivity index (χ0n) is 5.28. The van der Waals surface area contributed by atoms with Crippen molar-refractivity contribution in [3.63, 3.8) is 0 Å². The van der Waals surface area contributed by atoms with Gasteiger partial charge in [-0.15, -0.1) is 0 Å². The minimum Gasteiger partial charge on any atom is -0.212 e. The molecule has 47 valence electrons. The van der Waals surface area contributed by atoms with Crippen LogP contribution in [-0.2, 0) is 0 Å². The Morgan fingerprint density at radius 1 is 1.75 bits per heavy atom. The minimum atomic E-state index is -0.307. The highest BCUT2D eigenvalue weighted by molar-refractivity contribution is 4.93. The maximum atomic E-state index is 11.8. The summed E-state index contributed by atoms with van der Waals surface area (Å²) in [6, 6.07) is 0. The quantitative estimate of drug-likeness (QED) is 0.496. The van der Waals surface area contributed by atoms with E-state index >= 15 is 0 Å². The molecule has 0 amide bonds. The van der Waals surface area contributed by atoms with Gasteiger partial charge in [-0.3, -0.25) is 0 Å². The summed E-state index contributed by atoms with van der Waals surface area (Å²) < 4.78 is 11.8. The molecule has 0 fully saturated rings. The third-order valence-electron chi connectivity index (χ3n) is 0.924. The van der Waals surface area contributed by atoms with Crippen molar-refractivity contribution in [2.24, 2.45) is 0 Å². The van der Waals surface area contributed by atoms with Crippen LogP contribution in [0.3, 0.4) is 0 Å². The predicted molar refractivity (Wildman–Crippen MR) is 34.1 cm³/mol. The van der Waals surface area contributed by atoms with Gasteiger partial charge in [0.2, 0.25) is 0 Å². The summed E-state index contributed by atoms with van der Waals surface area (Å²) in [5.41, 5.74) is 0. The molecule has 0 aliphatic heterocycles. The first kappa shape index (κ1) is 7.67. The van der Waals surface area contributed by atoms with E-state index in [1.807, 2.05) is 0 Å². The van der Waals surface area contributed by atoms with Gasteiger partial charge in [0, 0.05) is 6.92 Å². The molecule has 0 saturated heterocycles. The van der Waals surface area contributed by atoms with Gasteiger partial charge in [-0.05, 0) is 12.8 Å².